The number of hydrogen-bond donors (Lipinski definition) is 1. The van der Waals surface area contributed by atoms with Crippen LogP contribution < -0.4 is 0 Å². The molecule has 3 rings (SSSR count). The van der Waals surface area contributed by atoms with Crippen LogP contribution in [0.3, 0.4) is 0 Å². The molecule has 1 amide bonds. The Balaban J connectivity index is 1.44. The fourth-order valence-electron chi connectivity index (χ4n) is 3.67. The van der Waals surface area contributed by atoms with E-state index in [1.165, 1.54) is 60.3 Å². The smallest absolute Gasteiger partial charge is 0.457 e. The lowest BCUT2D eigenvalue weighted by molar-refractivity contribution is -0.385. The zero-order valence-electron chi connectivity index (χ0n) is 20.7. The lowest BCUT2D eigenvalue weighted by Crippen LogP contribution is -2.65. The van der Waals surface area contributed by atoms with Gasteiger partial charge in [0, 0.05) is 24.3 Å². The first kappa shape index (κ1) is 29.3. The van der Waals surface area contributed by atoms with Gasteiger partial charge in [0.2, 0.25) is 12.1 Å². The average Bonchev–Trinajstić information content (AvgIpc) is 2.93. The van der Waals surface area contributed by atoms with Gasteiger partial charge in [-0.05, 0) is 47.6 Å². The summed E-state index contributed by atoms with van der Waals surface area (Å²) in [7, 11) is 0. The summed E-state index contributed by atoms with van der Waals surface area (Å²) in [6.07, 6.45) is -2.69. The minimum atomic E-state index is -1.84. The third-order valence-corrected chi connectivity index (χ3v) is 6.91. The summed E-state index contributed by atoms with van der Waals surface area (Å²) in [5.41, 5.74) is 0.772. The largest absolute Gasteiger partial charge is 0.508 e. The molecule has 0 saturated carbocycles. The standard InChI is InChI=1S/C24H25N3O11S/c1-2-39-22-19(11-12-36-24(31)38-14-16-5-9-18(10-6-16)27(34)35)20(28)25(22)21(29)23(30)37-13-15-3-7-17(8-4-15)26(32)33/h3-10,19,21-22,29H,2,11-14H2,1H3. The Morgan fingerprint density at radius 2 is 1.46 bits per heavy atom. The van der Waals surface area contributed by atoms with Crippen molar-refractivity contribution in [1.82, 2.24) is 4.90 Å². The number of nitro groups is 2. The summed E-state index contributed by atoms with van der Waals surface area (Å²) >= 11 is 1.33. The second-order valence-electron chi connectivity index (χ2n) is 8.20. The molecule has 1 aliphatic rings. The summed E-state index contributed by atoms with van der Waals surface area (Å²) in [6.45, 7) is 1.29. The molecule has 0 aromatic heterocycles. The molecule has 0 spiro atoms. The lowest BCUT2D eigenvalue weighted by atomic mass is 9.94. The first-order chi connectivity index (χ1) is 18.6. The number of ether oxygens (including phenoxy) is 3. The van der Waals surface area contributed by atoms with Crippen LogP contribution in [0, 0.1) is 26.1 Å². The number of nitro benzene ring substituents is 2. The number of carbonyl (C=O) groups excluding carboxylic acids is 3. The predicted octanol–water partition coefficient (Wildman–Crippen LogP) is 3.15. The van der Waals surface area contributed by atoms with Gasteiger partial charge in [-0.15, -0.1) is 11.8 Å². The van der Waals surface area contributed by atoms with Gasteiger partial charge in [0.1, 0.15) is 13.2 Å². The van der Waals surface area contributed by atoms with Crippen LogP contribution in [0.4, 0.5) is 16.2 Å². The van der Waals surface area contributed by atoms with Crippen molar-refractivity contribution in [2.24, 2.45) is 5.92 Å². The quantitative estimate of drug-likeness (QED) is 0.162. The highest BCUT2D eigenvalue weighted by molar-refractivity contribution is 7.99. The maximum absolute atomic E-state index is 12.7. The number of benzene rings is 2. The molecule has 0 bridgehead atoms. The molecular weight excluding hydrogens is 538 g/mol. The van der Waals surface area contributed by atoms with Crippen LogP contribution in [0.25, 0.3) is 0 Å². The fourth-order valence-corrected chi connectivity index (χ4v) is 4.87. The van der Waals surface area contributed by atoms with E-state index in [-0.39, 0.29) is 37.6 Å². The molecule has 208 valence electrons. The van der Waals surface area contributed by atoms with Crippen molar-refractivity contribution < 1.29 is 43.5 Å². The summed E-state index contributed by atoms with van der Waals surface area (Å²) in [5, 5.41) is 31.3. The number of non-ortho nitro benzene ring substituents is 2. The Kier molecular flexibility index (Phi) is 10.2. The molecule has 3 atom stereocenters. The van der Waals surface area contributed by atoms with E-state index in [0.717, 1.165) is 4.90 Å². The van der Waals surface area contributed by atoms with E-state index < -0.39 is 45.4 Å². The number of rotatable bonds is 13. The highest BCUT2D eigenvalue weighted by Gasteiger charge is 2.52. The first-order valence-electron chi connectivity index (χ1n) is 11.7. The fraction of sp³-hybridized carbons (Fsp3) is 0.375. The minimum Gasteiger partial charge on any atom is -0.457 e. The van der Waals surface area contributed by atoms with Gasteiger partial charge in [0.25, 0.3) is 11.4 Å². The van der Waals surface area contributed by atoms with Crippen LogP contribution in [0.2, 0.25) is 0 Å². The van der Waals surface area contributed by atoms with Crippen LogP contribution in [0.5, 0.6) is 0 Å². The second-order valence-corrected chi connectivity index (χ2v) is 9.60. The number of nitrogens with zero attached hydrogens (tertiary/aromatic N) is 3. The molecule has 1 heterocycles. The monoisotopic (exact) mass is 563 g/mol. The Labute approximate surface area is 226 Å². The van der Waals surface area contributed by atoms with E-state index in [2.05, 4.69) is 0 Å². The SMILES string of the molecule is CCSC1C(CCOC(=O)OCc2ccc([N+](=O)[O-])cc2)C(=O)N1C(O)C(=O)OCc1ccc([N+](=O)[O-])cc1. The van der Waals surface area contributed by atoms with Crippen LogP contribution in [-0.4, -0.2) is 61.8 Å². The molecule has 2 aromatic carbocycles. The van der Waals surface area contributed by atoms with E-state index in [4.69, 9.17) is 14.2 Å². The topological polar surface area (TPSA) is 189 Å². The molecule has 14 nitrogen and oxygen atoms in total. The average molecular weight is 564 g/mol. The molecule has 1 saturated heterocycles. The van der Waals surface area contributed by atoms with Crippen LogP contribution >= 0.6 is 11.8 Å². The van der Waals surface area contributed by atoms with Gasteiger partial charge in [-0.2, -0.15) is 0 Å². The van der Waals surface area contributed by atoms with Crippen LogP contribution in [-0.2, 0) is 37.0 Å². The van der Waals surface area contributed by atoms with Crippen molar-refractivity contribution >= 4 is 41.2 Å². The molecule has 1 aliphatic heterocycles. The van der Waals surface area contributed by atoms with Crippen LogP contribution in [0.1, 0.15) is 24.5 Å². The maximum atomic E-state index is 12.7. The Morgan fingerprint density at radius 1 is 0.949 bits per heavy atom. The zero-order chi connectivity index (χ0) is 28.5. The Bertz CT molecular complexity index is 1210. The molecular formula is C24H25N3O11S. The number of likely N-dealkylation sites (tertiary alicyclic amines) is 1. The number of aliphatic hydroxyl groups excluding tert-OH is 1. The molecule has 1 N–H and O–H groups in total. The predicted molar refractivity (Wildman–Crippen MR) is 135 cm³/mol. The van der Waals surface area contributed by atoms with Crippen LogP contribution in [0.15, 0.2) is 48.5 Å². The summed E-state index contributed by atoms with van der Waals surface area (Å²) in [5.74, 6) is -1.60. The van der Waals surface area contributed by atoms with Crippen molar-refractivity contribution in [2.45, 2.75) is 38.2 Å². The van der Waals surface area contributed by atoms with Gasteiger partial charge in [0.15, 0.2) is 0 Å². The lowest BCUT2D eigenvalue weighted by Gasteiger charge is -2.47. The zero-order valence-corrected chi connectivity index (χ0v) is 21.5. The van der Waals surface area contributed by atoms with Gasteiger partial charge < -0.3 is 19.3 Å². The van der Waals surface area contributed by atoms with Gasteiger partial charge in [0.05, 0.1) is 27.7 Å². The first-order valence-corrected chi connectivity index (χ1v) is 12.7. The van der Waals surface area contributed by atoms with Crippen molar-refractivity contribution in [3.8, 4) is 0 Å². The van der Waals surface area contributed by atoms with E-state index in [1.54, 1.807) is 0 Å². The van der Waals surface area contributed by atoms with E-state index in [9.17, 15) is 39.7 Å². The molecule has 0 radical (unpaired) electrons. The molecule has 0 aliphatic carbocycles. The van der Waals surface area contributed by atoms with Gasteiger partial charge in [-0.25, -0.2) is 9.59 Å². The van der Waals surface area contributed by atoms with Gasteiger partial charge in [-0.3, -0.25) is 29.9 Å². The Hall–Kier alpha value is -4.24. The number of carbonyl (C=O) groups is 3. The third kappa shape index (κ3) is 7.64. The van der Waals surface area contributed by atoms with E-state index >= 15 is 0 Å². The van der Waals surface area contributed by atoms with E-state index in [0.29, 0.717) is 16.9 Å². The number of hydrogen-bond acceptors (Lipinski definition) is 12. The molecule has 2 aromatic rings. The summed E-state index contributed by atoms with van der Waals surface area (Å²) in [6, 6.07) is 10.8. The highest BCUT2D eigenvalue weighted by Crippen LogP contribution is 2.38. The number of amides is 1. The molecule has 1 fully saturated rings. The van der Waals surface area contributed by atoms with Crippen molar-refractivity contribution in [2.75, 3.05) is 12.4 Å². The second kappa shape index (κ2) is 13.5. The molecule has 15 heteroatoms. The molecule has 39 heavy (non-hydrogen) atoms. The van der Waals surface area contributed by atoms with Crippen molar-refractivity contribution in [3.05, 3.63) is 79.9 Å². The number of thioether (sulfide) groups is 1. The third-order valence-electron chi connectivity index (χ3n) is 5.68. The minimum absolute atomic E-state index is 0.0945. The summed E-state index contributed by atoms with van der Waals surface area (Å²) in [4.78, 5) is 58.3. The normalized spacial score (nSPS) is 17.1. The Morgan fingerprint density at radius 3 is 1.95 bits per heavy atom. The van der Waals surface area contributed by atoms with Crippen molar-refractivity contribution in [3.63, 3.8) is 0 Å². The highest BCUT2D eigenvalue weighted by atomic mass is 32.2. The number of esters is 1. The van der Waals surface area contributed by atoms with Gasteiger partial charge in [-0.1, -0.05) is 6.92 Å². The maximum Gasteiger partial charge on any atom is 0.508 e. The molecule has 3 unspecified atom stereocenters. The number of β-lactam (4-membered cyclic amide) rings is 1. The van der Waals surface area contributed by atoms with Crippen molar-refractivity contribution in [1.29, 1.82) is 0 Å². The summed E-state index contributed by atoms with van der Waals surface area (Å²) < 4.78 is 15.1. The van der Waals surface area contributed by atoms with Gasteiger partial charge >= 0.3 is 12.1 Å². The van der Waals surface area contributed by atoms with E-state index in [1.807, 2.05) is 6.92 Å². The number of aliphatic hydroxyl groups is 1.